The minimum atomic E-state index is 0.141. The molecule has 0 saturated carbocycles. The third-order valence-electron chi connectivity index (χ3n) is 2.59. The van der Waals surface area contributed by atoms with Gasteiger partial charge in [0, 0.05) is 12.4 Å². The van der Waals surface area contributed by atoms with Gasteiger partial charge in [0.05, 0.1) is 6.54 Å². The Labute approximate surface area is 114 Å². The molecule has 0 aromatic carbocycles. The average molecular weight is 271 g/mol. The van der Waals surface area contributed by atoms with E-state index >= 15 is 0 Å². The third-order valence-corrected chi connectivity index (χ3v) is 2.59. The Kier molecular flexibility index (Phi) is 3.04. The van der Waals surface area contributed by atoms with E-state index < -0.39 is 0 Å². The van der Waals surface area contributed by atoms with Crippen LogP contribution in [0, 0.1) is 6.92 Å². The molecule has 0 atom stereocenters. The second-order valence-electron chi connectivity index (χ2n) is 4.15. The highest BCUT2D eigenvalue weighted by atomic mass is 16.3. The van der Waals surface area contributed by atoms with E-state index in [1.54, 1.807) is 23.3 Å². The topological polar surface area (TPSA) is 108 Å². The zero-order chi connectivity index (χ0) is 13.9. The number of nitrogens with two attached hydrogens (primary N) is 1. The van der Waals surface area contributed by atoms with Crippen molar-refractivity contribution >= 4 is 11.9 Å². The lowest BCUT2D eigenvalue weighted by molar-refractivity contribution is 0.490. The van der Waals surface area contributed by atoms with Gasteiger partial charge in [-0.25, -0.2) is 4.98 Å². The Morgan fingerprint density at radius 2 is 2.20 bits per heavy atom. The summed E-state index contributed by atoms with van der Waals surface area (Å²) in [6, 6.07) is 3.79. The standard InChI is InChI=1S/C12H13N7O/c1-8-2-3-9(20-8)6-15-11-16-10(13)17-12(18-11)19-5-4-14-7-19/h2-5,7H,6H2,1H3,(H3,13,15,16,17,18). The van der Waals surface area contributed by atoms with Crippen molar-refractivity contribution in [2.45, 2.75) is 13.5 Å². The number of aryl methyl sites for hydroxylation is 1. The maximum Gasteiger partial charge on any atom is 0.241 e. The van der Waals surface area contributed by atoms with Gasteiger partial charge in [-0.15, -0.1) is 0 Å². The zero-order valence-corrected chi connectivity index (χ0v) is 10.8. The van der Waals surface area contributed by atoms with Gasteiger partial charge in [-0.05, 0) is 19.1 Å². The molecule has 0 bridgehead atoms. The lowest BCUT2D eigenvalue weighted by atomic mass is 10.4. The Balaban J connectivity index is 1.79. The molecule has 3 aromatic rings. The number of imidazole rings is 1. The molecule has 3 rings (SSSR count). The van der Waals surface area contributed by atoms with Crippen LogP contribution in [0.1, 0.15) is 11.5 Å². The molecule has 102 valence electrons. The smallest absolute Gasteiger partial charge is 0.241 e. The molecule has 3 N–H and O–H groups in total. The number of furan rings is 1. The van der Waals surface area contributed by atoms with Crippen molar-refractivity contribution in [1.82, 2.24) is 24.5 Å². The highest BCUT2D eigenvalue weighted by molar-refractivity contribution is 5.35. The van der Waals surface area contributed by atoms with E-state index in [0.717, 1.165) is 11.5 Å². The Morgan fingerprint density at radius 3 is 2.90 bits per heavy atom. The van der Waals surface area contributed by atoms with Crippen molar-refractivity contribution in [3.05, 3.63) is 42.4 Å². The molecule has 0 aliphatic heterocycles. The number of hydrogen-bond acceptors (Lipinski definition) is 7. The van der Waals surface area contributed by atoms with Gasteiger partial charge in [-0.1, -0.05) is 0 Å². The van der Waals surface area contributed by atoms with E-state index in [1.165, 1.54) is 0 Å². The van der Waals surface area contributed by atoms with Crippen molar-refractivity contribution in [1.29, 1.82) is 0 Å². The molecule has 0 radical (unpaired) electrons. The van der Waals surface area contributed by atoms with E-state index in [-0.39, 0.29) is 5.95 Å². The van der Waals surface area contributed by atoms with Crippen LogP contribution in [0.4, 0.5) is 11.9 Å². The van der Waals surface area contributed by atoms with E-state index in [9.17, 15) is 0 Å². The highest BCUT2D eigenvalue weighted by Gasteiger charge is 2.06. The second kappa shape index (κ2) is 5.00. The lowest BCUT2D eigenvalue weighted by Gasteiger charge is -2.06. The second-order valence-corrected chi connectivity index (χ2v) is 4.15. The van der Waals surface area contributed by atoms with Crippen molar-refractivity contribution < 1.29 is 4.42 Å². The van der Waals surface area contributed by atoms with Gasteiger partial charge in [0.2, 0.25) is 17.8 Å². The number of rotatable bonds is 4. The molecule has 0 spiro atoms. The van der Waals surface area contributed by atoms with Crippen LogP contribution in [0.3, 0.4) is 0 Å². The maximum atomic E-state index is 5.68. The molecule has 0 unspecified atom stereocenters. The van der Waals surface area contributed by atoms with Crippen LogP contribution in [-0.2, 0) is 6.54 Å². The first kappa shape index (κ1) is 12.2. The van der Waals surface area contributed by atoms with Gasteiger partial charge in [-0.3, -0.25) is 4.57 Å². The third kappa shape index (κ3) is 2.58. The molecule has 0 fully saturated rings. The predicted octanol–water partition coefficient (Wildman–Crippen LogP) is 1.15. The summed E-state index contributed by atoms with van der Waals surface area (Å²) in [5.41, 5.74) is 5.68. The maximum absolute atomic E-state index is 5.68. The molecular formula is C12H13N7O. The highest BCUT2D eigenvalue weighted by Crippen LogP contribution is 2.10. The van der Waals surface area contributed by atoms with Crippen molar-refractivity contribution in [3.63, 3.8) is 0 Å². The summed E-state index contributed by atoms with van der Waals surface area (Å²) in [5, 5.41) is 3.05. The predicted molar refractivity (Wildman–Crippen MR) is 72.1 cm³/mol. The van der Waals surface area contributed by atoms with Gasteiger partial charge < -0.3 is 15.5 Å². The van der Waals surface area contributed by atoms with Crippen molar-refractivity contribution in [2.75, 3.05) is 11.1 Å². The monoisotopic (exact) mass is 271 g/mol. The Hall–Kier alpha value is -2.90. The molecule has 3 heterocycles. The first-order valence-electron chi connectivity index (χ1n) is 6.00. The molecule has 8 nitrogen and oxygen atoms in total. The van der Waals surface area contributed by atoms with Crippen molar-refractivity contribution in [2.24, 2.45) is 0 Å². The van der Waals surface area contributed by atoms with Crippen LogP contribution in [0.5, 0.6) is 0 Å². The van der Waals surface area contributed by atoms with Crippen LogP contribution < -0.4 is 11.1 Å². The number of anilines is 2. The Morgan fingerprint density at radius 1 is 1.30 bits per heavy atom. The van der Waals surface area contributed by atoms with Crippen molar-refractivity contribution in [3.8, 4) is 5.95 Å². The van der Waals surface area contributed by atoms with Crippen LogP contribution in [0.15, 0.2) is 35.3 Å². The minimum Gasteiger partial charge on any atom is -0.465 e. The van der Waals surface area contributed by atoms with Crippen LogP contribution >= 0.6 is 0 Å². The quantitative estimate of drug-likeness (QED) is 0.732. The SMILES string of the molecule is Cc1ccc(CNc2nc(N)nc(-n3ccnc3)n2)o1. The van der Waals surface area contributed by atoms with Crippen LogP contribution in [0.2, 0.25) is 0 Å². The first-order chi connectivity index (χ1) is 9.70. The summed E-state index contributed by atoms with van der Waals surface area (Å²) in [6.07, 6.45) is 4.96. The van der Waals surface area contributed by atoms with Gasteiger partial charge in [0.25, 0.3) is 0 Å². The summed E-state index contributed by atoms with van der Waals surface area (Å²) < 4.78 is 7.11. The normalized spacial score (nSPS) is 10.7. The number of nitrogen functional groups attached to an aromatic ring is 1. The molecule has 3 aromatic heterocycles. The van der Waals surface area contributed by atoms with E-state index in [2.05, 4.69) is 25.3 Å². The van der Waals surface area contributed by atoms with Gasteiger partial charge in [0.1, 0.15) is 17.8 Å². The summed E-state index contributed by atoms with van der Waals surface area (Å²) in [6.45, 7) is 2.36. The minimum absolute atomic E-state index is 0.141. The number of hydrogen-bond donors (Lipinski definition) is 2. The molecule has 8 heteroatoms. The fraction of sp³-hybridized carbons (Fsp3) is 0.167. The lowest BCUT2D eigenvalue weighted by Crippen LogP contribution is -2.10. The summed E-state index contributed by atoms with van der Waals surface area (Å²) >= 11 is 0. The molecule has 0 aliphatic rings. The number of nitrogens with one attached hydrogen (secondary N) is 1. The van der Waals surface area contributed by atoms with E-state index in [4.69, 9.17) is 10.2 Å². The van der Waals surface area contributed by atoms with Gasteiger partial charge in [0.15, 0.2) is 0 Å². The molecule has 0 saturated heterocycles. The van der Waals surface area contributed by atoms with Crippen LogP contribution in [-0.4, -0.2) is 24.5 Å². The van der Waals surface area contributed by atoms with E-state index in [0.29, 0.717) is 18.4 Å². The first-order valence-corrected chi connectivity index (χ1v) is 6.00. The fourth-order valence-corrected chi connectivity index (χ4v) is 1.70. The van der Waals surface area contributed by atoms with Crippen LogP contribution in [0.25, 0.3) is 5.95 Å². The molecule has 0 amide bonds. The zero-order valence-electron chi connectivity index (χ0n) is 10.8. The van der Waals surface area contributed by atoms with Gasteiger partial charge in [-0.2, -0.15) is 15.0 Å². The summed E-state index contributed by atoms with van der Waals surface area (Å²) in [5.74, 6) is 2.59. The van der Waals surface area contributed by atoms with Gasteiger partial charge >= 0.3 is 0 Å². The molecule has 0 aliphatic carbocycles. The number of aromatic nitrogens is 5. The number of nitrogens with zero attached hydrogens (tertiary/aromatic N) is 5. The largest absolute Gasteiger partial charge is 0.465 e. The fourth-order valence-electron chi connectivity index (χ4n) is 1.70. The Bertz CT molecular complexity index is 704. The summed E-state index contributed by atoms with van der Waals surface area (Å²) in [7, 11) is 0. The van der Waals surface area contributed by atoms with E-state index in [1.807, 2.05) is 19.1 Å². The summed E-state index contributed by atoms with van der Waals surface area (Å²) in [4.78, 5) is 16.3. The molecular weight excluding hydrogens is 258 g/mol. The molecule has 20 heavy (non-hydrogen) atoms. The average Bonchev–Trinajstić information content (AvgIpc) is 3.07.